The number of hydrogen-bond acceptors (Lipinski definition) is 0. The van der Waals surface area contributed by atoms with Crippen LogP contribution in [0.25, 0.3) is 0 Å². The molecule has 1 rings (SSSR count). The zero-order valence-corrected chi connectivity index (χ0v) is 12.4. The van der Waals surface area contributed by atoms with Crippen LogP contribution < -0.4 is 0 Å². The molecule has 100 valence electrons. The molecule has 0 aromatic heterocycles. The van der Waals surface area contributed by atoms with Gasteiger partial charge in [0.15, 0.2) is 0 Å². The highest BCUT2D eigenvalue weighted by molar-refractivity contribution is 8.22. The van der Waals surface area contributed by atoms with E-state index in [0.717, 1.165) is 0 Å². The lowest BCUT2D eigenvalue weighted by atomic mass is 10.1. The zero-order valence-electron chi connectivity index (χ0n) is 11.5. The van der Waals surface area contributed by atoms with Crippen LogP contribution in [0.1, 0.15) is 71.1 Å². The summed E-state index contributed by atoms with van der Waals surface area (Å²) in [6, 6.07) is 0. The van der Waals surface area contributed by atoms with Gasteiger partial charge in [0.05, 0.1) is 0 Å². The minimum absolute atomic E-state index is 0.159. The van der Waals surface area contributed by atoms with Gasteiger partial charge in [0.2, 0.25) is 0 Å². The van der Waals surface area contributed by atoms with Gasteiger partial charge in [-0.25, -0.2) is 10.9 Å². The topological polar surface area (TPSA) is 0 Å². The molecule has 0 aromatic carbocycles. The maximum absolute atomic E-state index is 2.39. The summed E-state index contributed by atoms with van der Waals surface area (Å²) in [7, 11) is 0.159. The molecule has 0 fully saturated rings. The Kier molecular flexibility index (Phi) is 9.59. The Morgan fingerprint density at radius 1 is 0.647 bits per heavy atom. The van der Waals surface area contributed by atoms with Crippen molar-refractivity contribution >= 4 is 10.9 Å². The van der Waals surface area contributed by atoms with Gasteiger partial charge < -0.3 is 0 Å². The number of unbranched alkanes of at least 4 members (excludes halogenated alkanes) is 9. The molecular formula is C16H30S. The van der Waals surface area contributed by atoms with E-state index in [9.17, 15) is 0 Å². The fourth-order valence-corrected chi connectivity index (χ4v) is 3.93. The predicted molar refractivity (Wildman–Crippen MR) is 84.0 cm³/mol. The molecule has 1 heteroatoms. The fraction of sp³-hybridized carbons (Fsp3) is 0.750. The van der Waals surface area contributed by atoms with Crippen molar-refractivity contribution in [1.29, 1.82) is 0 Å². The summed E-state index contributed by atoms with van der Waals surface area (Å²) in [4.78, 5) is 0. The first-order chi connectivity index (χ1) is 8.43. The van der Waals surface area contributed by atoms with Crippen molar-refractivity contribution in [2.45, 2.75) is 71.1 Å². The molecule has 0 aliphatic carbocycles. The van der Waals surface area contributed by atoms with Crippen LogP contribution in [0.2, 0.25) is 0 Å². The number of allylic oxidation sites excluding steroid dienone is 2. The highest BCUT2D eigenvalue weighted by atomic mass is 32.2. The summed E-state index contributed by atoms with van der Waals surface area (Å²) >= 11 is 0. The van der Waals surface area contributed by atoms with Crippen molar-refractivity contribution in [3.8, 4) is 0 Å². The SMILES string of the molecule is CCCCCCCCCCCC[SH]1C=CC=C1. The Labute approximate surface area is 111 Å². The standard InChI is InChI=1S/C16H30S/c1-2-3-4-5-6-7-8-9-10-11-14-17-15-12-13-16-17/h12-13,15-17H,2-11,14H2,1H3. The molecule has 0 atom stereocenters. The zero-order chi connectivity index (χ0) is 12.2. The minimum atomic E-state index is 0.159. The highest BCUT2D eigenvalue weighted by Gasteiger charge is 1.98. The number of hydrogen-bond donors (Lipinski definition) is 1. The molecule has 1 aliphatic heterocycles. The molecule has 0 N–H and O–H groups in total. The maximum Gasteiger partial charge on any atom is -0.0185 e. The van der Waals surface area contributed by atoms with E-state index in [2.05, 4.69) is 29.9 Å². The summed E-state index contributed by atoms with van der Waals surface area (Å²) in [6.45, 7) is 2.29. The first-order valence-electron chi connectivity index (χ1n) is 7.54. The van der Waals surface area contributed by atoms with E-state index >= 15 is 0 Å². The molecule has 0 saturated heterocycles. The largest absolute Gasteiger partial charge is 0.213 e. The second-order valence-electron chi connectivity index (χ2n) is 5.10. The van der Waals surface area contributed by atoms with Gasteiger partial charge in [0, 0.05) is 0 Å². The van der Waals surface area contributed by atoms with Crippen LogP contribution in [0, 0.1) is 0 Å². The lowest BCUT2D eigenvalue weighted by Gasteiger charge is -2.08. The summed E-state index contributed by atoms with van der Waals surface area (Å²) < 4.78 is 0. The van der Waals surface area contributed by atoms with Crippen LogP contribution in [-0.2, 0) is 0 Å². The van der Waals surface area contributed by atoms with Crippen LogP contribution in [0.3, 0.4) is 0 Å². The molecule has 0 bridgehead atoms. The Bertz CT molecular complexity index is 206. The second kappa shape index (κ2) is 11.0. The van der Waals surface area contributed by atoms with Gasteiger partial charge in [-0.2, -0.15) is 0 Å². The van der Waals surface area contributed by atoms with E-state index in [-0.39, 0.29) is 10.9 Å². The number of thiol groups is 1. The summed E-state index contributed by atoms with van der Waals surface area (Å²) in [6.07, 6.45) is 18.9. The molecule has 0 aromatic rings. The molecule has 0 spiro atoms. The third-order valence-electron chi connectivity index (χ3n) is 3.44. The lowest BCUT2D eigenvalue weighted by Crippen LogP contribution is -1.85. The van der Waals surface area contributed by atoms with Crippen molar-refractivity contribution in [2.24, 2.45) is 0 Å². The Balaban J connectivity index is 1.72. The smallest absolute Gasteiger partial charge is 0.0185 e. The molecule has 1 heterocycles. The molecule has 0 amide bonds. The summed E-state index contributed by atoms with van der Waals surface area (Å²) in [5, 5.41) is 4.78. The van der Waals surface area contributed by atoms with E-state index < -0.39 is 0 Å². The molecule has 0 radical (unpaired) electrons. The van der Waals surface area contributed by atoms with Crippen molar-refractivity contribution < 1.29 is 0 Å². The van der Waals surface area contributed by atoms with Gasteiger partial charge in [0.1, 0.15) is 0 Å². The number of rotatable bonds is 11. The monoisotopic (exact) mass is 254 g/mol. The van der Waals surface area contributed by atoms with Crippen LogP contribution in [0.4, 0.5) is 0 Å². The van der Waals surface area contributed by atoms with Gasteiger partial charge in [-0.3, -0.25) is 0 Å². The van der Waals surface area contributed by atoms with E-state index in [0.29, 0.717) is 0 Å². The van der Waals surface area contributed by atoms with Crippen molar-refractivity contribution in [2.75, 3.05) is 5.75 Å². The average Bonchev–Trinajstić information content (AvgIpc) is 2.85. The highest BCUT2D eigenvalue weighted by Crippen LogP contribution is 2.33. The van der Waals surface area contributed by atoms with Crippen molar-refractivity contribution in [1.82, 2.24) is 0 Å². The quantitative estimate of drug-likeness (QED) is 0.342. The van der Waals surface area contributed by atoms with E-state index in [1.54, 1.807) is 0 Å². The molecular weight excluding hydrogens is 224 g/mol. The Hall–Kier alpha value is -0.170. The predicted octanol–water partition coefficient (Wildman–Crippen LogP) is 5.95. The van der Waals surface area contributed by atoms with E-state index in [1.165, 1.54) is 70.0 Å². The Morgan fingerprint density at radius 2 is 1.12 bits per heavy atom. The van der Waals surface area contributed by atoms with E-state index in [1.807, 2.05) is 0 Å². The van der Waals surface area contributed by atoms with Crippen LogP contribution in [-0.4, -0.2) is 5.75 Å². The van der Waals surface area contributed by atoms with Crippen molar-refractivity contribution in [3.05, 3.63) is 23.0 Å². The van der Waals surface area contributed by atoms with Gasteiger partial charge in [-0.15, -0.1) is 0 Å². The third-order valence-corrected chi connectivity index (χ3v) is 5.38. The first-order valence-corrected chi connectivity index (χ1v) is 9.20. The third kappa shape index (κ3) is 8.54. The Morgan fingerprint density at radius 3 is 1.65 bits per heavy atom. The van der Waals surface area contributed by atoms with Gasteiger partial charge in [0.25, 0.3) is 0 Å². The molecule has 0 saturated carbocycles. The average molecular weight is 254 g/mol. The molecule has 17 heavy (non-hydrogen) atoms. The first kappa shape index (κ1) is 14.9. The summed E-state index contributed by atoms with van der Waals surface area (Å²) in [5.74, 6) is 1.43. The maximum atomic E-state index is 2.39. The van der Waals surface area contributed by atoms with Crippen LogP contribution >= 0.6 is 10.9 Å². The van der Waals surface area contributed by atoms with Gasteiger partial charge in [-0.1, -0.05) is 76.9 Å². The minimum Gasteiger partial charge on any atom is -0.213 e. The molecule has 0 nitrogen and oxygen atoms in total. The van der Waals surface area contributed by atoms with Gasteiger partial charge >= 0.3 is 0 Å². The van der Waals surface area contributed by atoms with Gasteiger partial charge in [-0.05, 0) is 23.0 Å². The van der Waals surface area contributed by atoms with E-state index in [4.69, 9.17) is 0 Å². The lowest BCUT2D eigenvalue weighted by molar-refractivity contribution is 0.563. The van der Waals surface area contributed by atoms with Crippen molar-refractivity contribution in [3.63, 3.8) is 0 Å². The summed E-state index contributed by atoms with van der Waals surface area (Å²) in [5.41, 5.74) is 0. The molecule has 0 unspecified atom stereocenters. The second-order valence-corrected chi connectivity index (χ2v) is 7.17. The van der Waals surface area contributed by atoms with Crippen LogP contribution in [0.5, 0.6) is 0 Å². The fourth-order valence-electron chi connectivity index (χ4n) is 2.30. The van der Waals surface area contributed by atoms with Crippen LogP contribution in [0.15, 0.2) is 23.0 Å². The normalized spacial score (nSPS) is 15.9. The molecule has 1 aliphatic rings.